The minimum absolute atomic E-state index is 0.455. The van der Waals surface area contributed by atoms with Crippen LogP contribution in [0, 0.1) is 18.3 Å². The van der Waals surface area contributed by atoms with Gasteiger partial charge >= 0.3 is 0 Å². The van der Waals surface area contributed by atoms with Crippen molar-refractivity contribution < 1.29 is 0 Å². The summed E-state index contributed by atoms with van der Waals surface area (Å²) < 4.78 is 0. The van der Waals surface area contributed by atoms with E-state index in [4.69, 9.17) is 16.9 Å². The van der Waals surface area contributed by atoms with Gasteiger partial charge in [-0.25, -0.2) is 4.98 Å². The van der Waals surface area contributed by atoms with E-state index in [2.05, 4.69) is 15.3 Å². The van der Waals surface area contributed by atoms with E-state index in [1.54, 1.807) is 18.5 Å². The first kappa shape index (κ1) is 11.5. The highest BCUT2D eigenvalue weighted by atomic mass is 35.5. The van der Waals surface area contributed by atoms with Gasteiger partial charge in [-0.15, -0.1) is 0 Å². The van der Waals surface area contributed by atoms with Crippen molar-refractivity contribution in [2.45, 2.75) is 13.5 Å². The maximum absolute atomic E-state index is 8.76. The van der Waals surface area contributed by atoms with Crippen LogP contribution in [0.3, 0.4) is 0 Å². The van der Waals surface area contributed by atoms with Gasteiger partial charge in [0.25, 0.3) is 0 Å². The Labute approximate surface area is 104 Å². The molecule has 0 aliphatic rings. The summed E-state index contributed by atoms with van der Waals surface area (Å²) >= 11 is 5.94. The van der Waals surface area contributed by atoms with E-state index in [0.717, 1.165) is 17.1 Å². The van der Waals surface area contributed by atoms with Gasteiger partial charge in [0.1, 0.15) is 6.07 Å². The molecule has 1 heterocycles. The number of imidazole rings is 1. The fourth-order valence-corrected chi connectivity index (χ4v) is 1.69. The summed E-state index contributed by atoms with van der Waals surface area (Å²) in [7, 11) is 0. The van der Waals surface area contributed by atoms with Gasteiger partial charge in [0.15, 0.2) is 0 Å². The highest BCUT2D eigenvalue weighted by Crippen LogP contribution is 2.20. The molecule has 0 fully saturated rings. The molecule has 0 radical (unpaired) electrons. The van der Waals surface area contributed by atoms with Crippen molar-refractivity contribution in [1.82, 2.24) is 9.97 Å². The molecule has 0 aliphatic carbocycles. The lowest BCUT2D eigenvalue weighted by atomic mass is 10.2. The highest BCUT2D eigenvalue weighted by Gasteiger charge is 2.03. The molecule has 5 heteroatoms. The first-order valence-corrected chi connectivity index (χ1v) is 5.51. The minimum atomic E-state index is 0.455. The third-order valence-corrected chi connectivity index (χ3v) is 2.80. The third kappa shape index (κ3) is 2.58. The summed E-state index contributed by atoms with van der Waals surface area (Å²) in [6.45, 7) is 2.59. The molecular weight excluding hydrogens is 236 g/mol. The Kier molecular flexibility index (Phi) is 3.31. The second-order valence-corrected chi connectivity index (χ2v) is 4.04. The smallest absolute Gasteiger partial charge is 0.101 e. The molecule has 0 unspecified atom stereocenters. The zero-order valence-electron chi connectivity index (χ0n) is 9.29. The van der Waals surface area contributed by atoms with Gasteiger partial charge in [0.05, 0.1) is 29.2 Å². The molecule has 2 aromatic rings. The van der Waals surface area contributed by atoms with Crippen LogP contribution in [0.2, 0.25) is 5.02 Å². The van der Waals surface area contributed by atoms with E-state index in [1.165, 1.54) is 0 Å². The number of aromatic nitrogens is 2. The summed E-state index contributed by atoms with van der Waals surface area (Å²) in [6, 6.07) is 7.28. The van der Waals surface area contributed by atoms with Crippen molar-refractivity contribution in [3.05, 3.63) is 46.5 Å². The van der Waals surface area contributed by atoms with E-state index in [0.29, 0.717) is 17.1 Å². The monoisotopic (exact) mass is 246 g/mol. The van der Waals surface area contributed by atoms with Gasteiger partial charge < -0.3 is 10.3 Å². The number of nitrogens with zero attached hydrogens (tertiary/aromatic N) is 2. The van der Waals surface area contributed by atoms with Gasteiger partial charge in [-0.1, -0.05) is 11.6 Å². The van der Waals surface area contributed by atoms with Crippen LogP contribution in [0.25, 0.3) is 0 Å². The number of H-pyrrole nitrogens is 1. The summed E-state index contributed by atoms with van der Waals surface area (Å²) in [5, 5.41) is 12.4. The van der Waals surface area contributed by atoms with Crippen molar-refractivity contribution in [3.63, 3.8) is 0 Å². The van der Waals surface area contributed by atoms with E-state index >= 15 is 0 Å². The zero-order valence-corrected chi connectivity index (χ0v) is 10.0. The Morgan fingerprint density at radius 3 is 2.94 bits per heavy atom. The molecular formula is C12H11ClN4. The molecule has 0 saturated heterocycles. The van der Waals surface area contributed by atoms with Gasteiger partial charge in [0, 0.05) is 11.4 Å². The Morgan fingerprint density at radius 1 is 1.53 bits per heavy atom. The quantitative estimate of drug-likeness (QED) is 0.875. The van der Waals surface area contributed by atoms with Gasteiger partial charge in [0.2, 0.25) is 0 Å². The molecule has 0 bridgehead atoms. The minimum Gasteiger partial charge on any atom is -0.379 e. The lowest BCUT2D eigenvalue weighted by Crippen LogP contribution is -2.01. The maximum atomic E-state index is 8.76. The molecule has 0 saturated carbocycles. The number of aryl methyl sites for hydroxylation is 1. The first-order valence-electron chi connectivity index (χ1n) is 5.13. The van der Waals surface area contributed by atoms with Crippen molar-refractivity contribution in [3.8, 4) is 6.07 Å². The molecule has 86 valence electrons. The van der Waals surface area contributed by atoms with Crippen LogP contribution < -0.4 is 5.32 Å². The second-order valence-electron chi connectivity index (χ2n) is 3.63. The zero-order chi connectivity index (χ0) is 12.3. The lowest BCUT2D eigenvalue weighted by Gasteiger charge is -2.06. The topological polar surface area (TPSA) is 64.5 Å². The van der Waals surface area contributed by atoms with Crippen LogP contribution in [0.5, 0.6) is 0 Å². The molecule has 2 rings (SSSR count). The fraction of sp³-hybridized carbons (Fsp3) is 0.167. The molecule has 0 atom stereocenters. The SMILES string of the molecule is Cc1[nH]cnc1CNc1ccc(C#N)c(Cl)c1. The molecule has 0 spiro atoms. The largest absolute Gasteiger partial charge is 0.379 e. The van der Waals surface area contributed by atoms with Crippen LogP contribution in [0.15, 0.2) is 24.5 Å². The highest BCUT2D eigenvalue weighted by molar-refractivity contribution is 6.32. The third-order valence-electron chi connectivity index (χ3n) is 2.48. The summed E-state index contributed by atoms with van der Waals surface area (Å²) in [6.07, 6.45) is 1.66. The van der Waals surface area contributed by atoms with E-state index in [1.807, 2.05) is 19.1 Å². The van der Waals surface area contributed by atoms with Crippen LogP contribution in [-0.2, 0) is 6.54 Å². The molecule has 2 N–H and O–H groups in total. The number of anilines is 1. The maximum Gasteiger partial charge on any atom is 0.101 e. The Morgan fingerprint density at radius 2 is 2.35 bits per heavy atom. The predicted molar refractivity (Wildman–Crippen MR) is 66.8 cm³/mol. The van der Waals surface area contributed by atoms with Crippen molar-refractivity contribution >= 4 is 17.3 Å². The molecule has 4 nitrogen and oxygen atoms in total. The number of hydrogen-bond donors (Lipinski definition) is 2. The average Bonchev–Trinajstić information content (AvgIpc) is 2.72. The van der Waals surface area contributed by atoms with Crippen molar-refractivity contribution in [2.24, 2.45) is 0 Å². The second kappa shape index (κ2) is 4.89. The molecule has 1 aromatic heterocycles. The molecule has 17 heavy (non-hydrogen) atoms. The number of aromatic amines is 1. The van der Waals surface area contributed by atoms with Crippen molar-refractivity contribution in [1.29, 1.82) is 5.26 Å². The Balaban J connectivity index is 2.08. The summed E-state index contributed by atoms with van der Waals surface area (Å²) in [5.41, 5.74) is 3.35. The number of rotatable bonds is 3. The number of nitrogens with one attached hydrogen (secondary N) is 2. The molecule has 0 amide bonds. The van der Waals surface area contributed by atoms with E-state index in [9.17, 15) is 0 Å². The van der Waals surface area contributed by atoms with Gasteiger partial charge in [-0.2, -0.15) is 5.26 Å². The van der Waals surface area contributed by atoms with Crippen LogP contribution in [0.1, 0.15) is 17.0 Å². The Hall–Kier alpha value is -1.99. The van der Waals surface area contributed by atoms with Crippen LogP contribution in [-0.4, -0.2) is 9.97 Å². The van der Waals surface area contributed by atoms with Gasteiger partial charge in [-0.05, 0) is 25.1 Å². The number of halogens is 1. The van der Waals surface area contributed by atoms with E-state index in [-0.39, 0.29) is 0 Å². The van der Waals surface area contributed by atoms with E-state index < -0.39 is 0 Å². The normalized spacial score (nSPS) is 9.94. The predicted octanol–water partition coefficient (Wildman–Crippen LogP) is 2.86. The summed E-state index contributed by atoms with van der Waals surface area (Å²) in [5.74, 6) is 0. The van der Waals surface area contributed by atoms with Crippen LogP contribution >= 0.6 is 11.6 Å². The Bertz CT molecular complexity index is 568. The number of hydrogen-bond acceptors (Lipinski definition) is 3. The summed E-state index contributed by atoms with van der Waals surface area (Å²) in [4.78, 5) is 7.20. The fourth-order valence-electron chi connectivity index (χ4n) is 1.47. The average molecular weight is 247 g/mol. The standard InChI is InChI=1S/C12H11ClN4/c1-8-12(17-7-16-8)6-15-10-3-2-9(5-14)11(13)4-10/h2-4,7,15H,6H2,1H3,(H,16,17). The molecule has 1 aromatic carbocycles. The first-order chi connectivity index (χ1) is 8.20. The number of nitriles is 1. The van der Waals surface area contributed by atoms with Crippen LogP contribution in [0.4, 0.5) is 5.69 Å². The lowest BCUT2D eigenvalue weighted by molar-refractivity contribution is 1.05. The molecule has 0 aliphatic heterocycles. The number of benzene rings is 1. The van der Waals surface area contributed by atoms with Gasteiger partial charge in [-0.3, -0.25) is 0 Å². The van der Waals surface area contributed by atoms with Crippen molar-refractivity contribution in [2.75, 3.05) is 5.32 Å².